The summed E-state index contributed by atoms with van der Waals surface area (Å²) in [4.78, 5) is 24.1. The van der Waals surface area contributed by atoms with E-state index in [0.717, 1.165) is 0 Å². The molecule has 28 heavy (non-hydrogen) atoms. The van der Waals surface area contributed by atoms with E-state index in [1.807, 2.05) is 0 Å². The highest BCUT2D eigenvalue weighted by Gasteiger charge is 2.22. The third kappa shape index (κ3) is 3.44. The summed E-state index contributed by atoms with van der Waals surface area (Å²) in [5, 5.41) is 9.13. The second-order valence-corrected chi connectivity index (χ2v) is 5.68. The maximum Gasteiger partial charge on any atom is 0.341 e. The fourth-order valence-electron chi connectivity index (χ4n) is 2.80. The van der Waals surface area contributed by atoms with E-state index in [1.54, 1.807) is 36.4 Å². The lowest BCUT2D eigenvalue weighted by Gasteiger charge is -2.13. The summed E-state index contributed by atoms with van der Waals surface area (Å²) in [6.07, 6.45) is 0. The summed E-state index contributed by atoms with van der Waals surface area (Å²) in [6, 6.07) is 9.81. The summed E-state index contributed by atoms with van der Waals surface area (Å²) in [5.41, 5.74) is 0.196. The summed E-state index contributed by atoms with van der Waals surface area (Å²) < 4.78 is 26.9. The van der Waals surface area contributed by atoms with E-state index in [4.69, 9.17) is 28.5 Å². The molecule has 0 spiro atoms. The Bertz CT molecular complexity index is 1080. The van der Waals surface area contributed by atoms with Gasteiger partial charge in [0.2, 0.25) is 11.2 Å². The molecular formula is C20H18O8. The standard InChI is InChI=1S/C20H18O8/c1-24-12-8-7-11(9-15(12)26-3)19-20(27-10-16(21)22)18(23)17-13(25-2)5-4-6-14(17)28-19/h4-9H,10H2,1-3H3,(H,21,22). The average Bonchev–Trinajstić information content (AvgIpc) is 2.71. The molecule has 0 aliphatic rings. The van der Waals surface area contributed by atoms with Crippen molar-refractivity contribution in [3.8, 4) is 34.3 Å². The quantitative estimate of drug-likeness (QED) is 0.661. The third-order valence-corrected chi connectivity index (χ3v) is 4.05. The molecule has 1 N–H and O–H groups in total. The van der Waals surface area contributed by atoms with E-state index < -0.39 is 18.0 Å². The molecule has 146 valence electrons. The van der Waals surface area contributed by atoms with E-state index >= 15 is 0 Å². The summed E-state index contributed by atoms with van der Waals surface area (Å²) in [7, 11) is 4.40. The van der Waals surface area contributed by atoms with Crippen molar-refractivity contribution in [1.29, 1.82) is 0 Å². The van der Waals surface area contributed by atoms with Crippen LogP contribution in [-0.4, -0.2) is 39.0 Å². The van der Waals surface area contributed by atoms with Gasteiger partial charge in [-0.05, 0) is 30.3 Å². The molecule has 2 aromatic carbocycles. The van der Waals surface area contributed by atoms with Crippen molar-refractivity contribution in [3.05, 3.63) is 46.6 Å². The number of hydrogen-bond donors (Lipinski definition) is 1. The molecule has 0 fully saturated rings. The smallest absolute Gasteiger partial charge is 0.341 e. The minimum atomic E-state index is -1.22. The van der Waals surface area contributed by atoms with Crippen LogP contribution in [0.1, 0.15) is 0 Å². The largest absolute Gasteiger partial charge is 0.496 e. The number of carboxylic acid groups (broad SMARTS) is 1. The van der Waals surface area contributed by atoms with Crippen LogP contribution in [0.5, 0.6) is 23.0 Å². The lowest BCUT2D eigenvalue weighted by atomic mass is 10.1. The molecule has 8 nitrogen and oxygen atoms in total. The first-order valence-electron chi connectivity index (χ1n) is 8.21. The van der Waals surface area contributed by atoms with Crippen molar-refractivity contribution in [2.45, 2.75) is 0 Å². The zero-order valence-corrected chi connectivity index (χ0v) is 15.5. The molecule has 0 saturated carbocycles. The van der Waals surface area contributed by atoms with Gasteiger partial charge in [-0.15, -0.1) is 0 Å². The minimum absolute atomic E-state index is 0.0768. The molecular weight excluding hydrogens is 368 g/mol. The molecule has 1 aromatic heterocycles. The lowest BCUT2D eigenvalue weighted by Crippen LogP contribution is -2.16. The Morgan fingerprint density at radius 3 is 2.36 bits per heavy atom. The Morgan fingerprint density at radius 2 is 1.71 bits per heavy atom. The van der Waals surface area contributed by atoms with E-state index in [2.05, 4.69) is 0 Å². The molecule has 8 heteroatoms. The van der Waals surface area contributed by atoms with E-state index in [1.165, 1.54) is 21.3 Å². The van der Waals surface area contributed by atoms with Crippen LogP contribution in [0.2, 0.25) is 0 Å². The van der Waals surface area contributed by atoms with Crippen LogP contribution < -0.4 is 24.4 Å². The Morgan fingerprint density at radius 1 is 1.00 bits per heavy atom. The van der Waals surface area contributed by atoms with Crippen molar-refractivity contribution in [2.24, 2.45) is 0 Å². The molecule has 0 radical (unpaired) electrons. The zero-order chi connectivity index (χ0) is 20.3. The number of hydrogen-bond acceptors (Lipinski definition) is 7. The number of carbonyl (C=O) groups is 1. The maximum absolute atomic E-state index is 13.1. The van der Waals surface area contributed by atoms with Crippen molar-refractivity contribution >= 4 is 16.9 Å². The van der Waals surface area contributed by atoms with E-state index in [0.29, 0.717) is 22.8 Å². The molecule has 0 unspecified atom stereocenters. The second-order valence-electron chi connectivity index (χ2n) is 5.68. The molecule has 3 aromatic rings. The van der Waals surface area contributed by atoms with Gasteiger partial charge >= 0.3 is 5.97 Å². The van der Waals surface area contributed by atoms with Crippen molar-refractivity contribution in [1.82, 2.24) is 0 Å². The predicted molar refractivity (Wildman–Crippen MR) is 101 cm³/mol. The highest BCUT2D eigenvalue weighted by molar-refractivity contribution is 5.87. The third-order valence-electron chi connectivity index (χ3n) is 4.05. The van der Waals surface area contributed by atoms with Gasteiger partial charge in [0.25, 0.3) is 0 Å². The molecule has 1 heterocycles. The van der Waals surface area contributed by atoms with E-state index in [-0.39, 0.29) is 22.5 Å². The van der Waals surface area contributed by atoms with Crippen molar-refractivity contribution < 1.29 is 33.3 Å². The molecule has 0 aliphatic carbocycles. The molecule has 3 rings (SSSR count). The maximum atomic E-state index is 13.1. The number of ether oxygens (including phenoxy) is 4. The second kappa shape index (κ2) is 7.91. The van der Waals surface area contributed by atoms with Crippen LogP contribution in [0.15, 0.2) is 45.6 Å². The Labute approximate surface area is 159 Å². The summed E-state index contributed by atoms with van der Waals surface area (Å²) in [6.45, 7) is -0.703. The predicted octanol–water partition coefficient (Wildman–Crippen LogP) is 2.95. The fraction of sp³-hybridized carbons (Fsp3) is 0.200. The highest BCUT2D eigenvalue weighted by atomic mass is 16.5. The number of rotatable bonds is 7. The topological polar surface area (TPSA) is 104 Å². The van der Waals surface area contributed by atoms with Crippen molar-refractivity contribution in [3.63, 3.8) is 0 Å². The van der Waals surface area contributed by atoms with Gasteiger partial charge in [-0.3, -0.25) is 4.79 Å². The van der Waals surface area contributed by atoms with Gasteiger partial charge in [0.15, 0.2) is 23.9 Å². The van der Waals surface area contributed by atoms with E-state index in [9.17, 15) is 9.59 Å². The normalized spacial score (nSPS) is 10.5. The Hall–Kier alpha value is -3.68. The number of carboxylic acids is 1. The Balaban J connectivity index is 2.30. The summed E-state index contributed by atoms with van der Waals surface area (Å²) >= 11 is 0. The number of fused-ring (bicyclic) bond motifs is 1. The number of benzene rings is 2. The number of aliphatic carboxylic acids is 1. The van der Waals surface area contributed by atoms with Gasteiger partial charge in [0, 0.05) is 5.56 Å². The SMILES string of the molecule is COc1ccc(-c2oc3cccc(OC)c3c(=O)c2OCC(=O)O)cc1OC. The lowest BCUT2D eigenvalue weighted by molar-refractivity contribution is -0.139. The molecule has 0 bridgehead atoms. The van der Waals surface area contributed by atoms with Gasteiger partial charge in [-0.1, -0.05) is 6.07 Å². The van der Waals surface area contributed by atoms with Crippen molar-refractivity contribution in [2.75, 3.05) is 27.9 Å². The van der Waals surface area contributed by atoms with Crippen LogP contribution in [0.4, 0.5) is 0 Å². The van der Waals surface area contributed by atoms with Gasteiger partial charge < -0.3 is 28.5 Å². The highest BCUT2D eigenvalue weighted by Crippen LogP contribution is 2.37. The minimum Gasteiger partial charge on any atom is -0.496 e. The average molecular weight is 386 g/mol. The Kier molecular flexibility index (Phi) is 5.39. The first-order chi connectivity index (χ1) is 13.5. The van der Waals surface area contributed by atoms with Crippen LogP contribution in [0.3, 0.4) is 0 Å². The molecule has 0 aliphatic heterocycles. The molecule has 0 amide bonds. The number of methoxy groups -OCH3 is 3. The van der Waals surface area contributed by atoms with Gasteiger partial charge in [-0.25, -0.2) is 4.79 Å². The first-order valence-corrected chi connectivity index (χ1v) is 8.21. The molecule has 0 atom stereocenters. The zero-order valence-electron chi connectivity index (χ0n) is 15.5. The van der Waals surface area contributed by atoms with Crippen LogP contribution in [-0.2, 0) is 4.79 Å². The monoisotopic (exact) mass is 386 g/mol. The van der Waals surface area contributed by atoms with Gasteiger partial charge in [0.05, 0.1) is 21.3 Å². The first kappa shape index (κ1) is 19.1. The van der Waals surface area contributed by atoms with Gasteiger partial charge in [-0.2, -0.15) is 0 Å². The van der Waals surface area contributed by atoms with Crippen LogP contribution >= 0.6 is 0 Å². The van der Waals surface area contributed by atoms with Crippen LogP contribution in [0.25, 0.3) is 22.3 Å². The summed E-state index contributed by atoms with van der Waals surface area (Å²) in [5.74, 6) is -0.177. The molecule has 0 saturated heterocycles. The van der Waals surface area contributed by atoms with Gasteiger partial charge in [0.1, 0.15) is 16.7 Å². The fourth-order valence-corrected chi connectivity index (χ4v) is 2.80. The van der Waals surface area contributed by atoms with Crippen LogP contribution in [0, 0.1) is 0 Å².